The summed E-state index contributed by atoms with van der Waals surface area (Å²) >= 11 is 1.33. The summed E-state index contributed by atoms with van der Waals surface area (Å²) in [5.74, 6) is -0.989. The molecule has 1 aliphatic carbocycles. The zero-order valence-corrected chi connectivity index (χ0v) is 25.0. The van der Waals surface area contributed by atoms with E-state index < -0.39 is 37.5 Å². The lowest BCUT2D eigenvalue weighted by Crippen LogP contribution is -2.36. The van der Waals surface area contributed by atoms with Crippen LogP contribution in [0.5, 0.6) is 0 Å². The molecule has 2 aromatic heterocycles. The number of hydrogen-bond acceptors (Lipinski definition) is 8. The first-order valence-corrected chi connectivity index (χ1v) is 17.2. The predicted octanol–water partition coefficient (Wildman–Crippen LogP) is 4.49. The van der Waals surface area contributed by atoms with Gasteiger partial charge in [0.2, 0.25) is 14.9 Å². The number of hydrogen-bond donors (Lipinski definition) is 2. The molecule has 2 N–H and O–H groups in total. The molecule has 1 fully saturated rings. The highest BCUT2D eigenvalue weighted by atomic mass is 32.2. The van der Waals surface area contributed by atoms with Crippen molar-refractivity contribution in [1.29, 1.82) is 0 Å². The highest BCUT2D eigenvalue weighted by molar-refractivity contribution is 7.91. The molecule has 1 aliphatic heterocycles. The Balaban J connectivity index is 1.43. The third-order valence-electron chi connectivity index (χ3n) is 7.64. The van der Waals surface area contributed by atoms with Gasteiger partial charge in [0.1, 0.15) is 5.00 Å². The number of rotatable bonds is 6. The normalized spacial score (nSPS) is 20.6. The molecule has 3 aromatic rings. The SMILES string of the molecule is CC(C)(C)C1CCc2c(sc(NC(=O)c3ccc(S(=O)(=O)c4ccccc4)o3)c2C(=O)NC2CCS(=O)(=O)C2)C1. The average Bonchev–Trinajstić information content (AvgIpc) is 3.60. The van der Waals surface area contributed by atoms with Gasteiger partial charge in [0.25, 0.3) is 11.8 Å². The number of anilines is 1. The monoisotopic (exact) mass is 604 g/mol. The summed E-state index contributed by atoms with van der Waals surface area (Å²) in [6.45, 7) is 6.56. The minimum Gasteiger partial charge on any atom is -0.439 e. The molecule has 40 heavy (non-hydrogen) atoms. The molecule has 12 heteroatoms. The number of thiophene rings is 1. The topological polar surface area (TPSA) is 140 Å². The van der Waals surface area contributed by atoms with Gasteiger partial charge in [-0.25, -0.2) is 16.8 Å². The van der Waals surface area contributed by atoms with Gasteiger partial charge < -0.3 is 15.1 Å². The van der Waals surface area contributed by atoms with Gasteiger partial charge in [0.05, 0.1) is 22.0 Å². The van der Waals surface area contributed by atoms with Gasteiger partial charge in [-0.3, -0.25) is 9.59 Å². The Hall–Kier alpha value is -2.96. The number of amides is 2. The Morgan fingerprint density at radius 3 is 2.40 bits per heavy atom. The highest BCUT2D eigenvalue weighted by Gasteiger charge is 2.36. The minimum absolute atomic E-state index is 0.0310. The first-order chi connectivity index (χ1) is 18.7. The van der Waals surface area contributed by atoms with Gasteiger partial charge in [0, 0.05) is 10.9 Å². The van der Waals surface area contributed by atoms with Crippen LogP contribution >= 0.6 is 11.3 Å². The smallest absolute Gasteiger partial charge is 0.292 e. The minimum atomic E-state index is -3.95. The number of carbonyl (C=O) groups excluding carboxylic acids is 2. The van der Waals surface area contributed by atoms with E-state index in [-0.39, 0.29) is 32.7 Å². The zero-order valence-electron chi connectivity index (χ0n) is 22.5. The molecule has 2 atom stereocenters. The van der Waals surface area contributed by atoms with Gasteiger partial charge >= 0.3 is 0 Å². The molecule has 1 saturated heterocycles. The van der Waals surface area contributed by atoms with Crippen LogP contribution < -0.4 is 10.6 Å². The van der Waals surface area contributed by atoms with Crippen molar-refractivity contribution < 1.29 is 30.8 Å². The van der Waals surface area contributed by atoms with Crippen molar-refractivity contribution in [3.05, 3.63) is 64.2 Å². The van der Waals surface area contributed by atoms with Gasteiger partial charge in [-0.15, -0.1) is 11.3 Å². The van der Waals surface area contributed by atoms with Crippen molar-refractivity contribution in [2.24, 2.45) is 11.3 Å². The Kier molecular flexibility index (Phi) is 7.47. The van der Waals surface area contributed by atoms with Gasteiger partial charge in [-0.2, -0.15) is 0 Å². The summed E-state index contributed by atoms with van der Waals surface area (Å²) in [7, 11) is -7.14. The highest BCUT2D eigenvalue weighted by Crippen LogP contribution is 2.44. The second kappa shape index (κ2) is 10.5. The number of nitrogens with one attached hydrogen (secondary N) is 2. The van der Waals surface area contributed by atoms with Crippen LogP contribution in [-0.2, 0) is 32.5 Å². The molecular weight excluding hydrogens is 573 g/mol. The molecule has 1 aromatic carbocycles. The van der Waals surface area contributed by atoms with Crippen molar-refractivity contribution >= 4 is 47.8 Å². The lowest BCUT2D eigenvalue weighted by molar-refractivity contribution is 0.0941. The molecule has 0 spiro atoms. The lowest BCUT2D eigenvalue weighted by atomic mass is 9.72. The van der Waals surface area contributed by atoms with E-state index in [0.717, 1.165) is 23.3 Å². The van der Waals surface area contributed by atoms with E-state index in [2.05, 4.69) is 31.4 Å². The Morgan fingerprint density at radius 1 is 1.02 bits per heavy atom. The molecular formula is C28H32N2O7S3. The van der Waals surface area contributed by atoms with E-state index in [0.29, 0.717) is 29.3 Å². The summed E-state index contributed by atoms with van der Waals surface area (Å²) in [6, 6.07) is 9.82. The fraction of sp³-hybridized carbons (Fsp3) is 0.429. The number of sulfone groups is 2. The average molecular weight is 605 g/mol. The number of furan rings is 1. The van der Waals surface area contributed by atoms with Gasteiger partial charge in [-0.05, 0) is 66.8 Å². The maximum atomic E-state index is 13.5. The molecule has 2 amide bonds. The first kappa shape index (κ1) is 28.6. The van der Waals surface area contributed by atoms with Crippen LogP contribution in [0.3, 0.4) is 0 Å². The standard InChI is InChI=1S/C28H32N2O7S3/c1-28(2,3)17-9-10-20-22(15-17)38-27(24(20)26(32)29-18-13-14-39(33,34)16-18)30-25(31)21-11-12-23(37-21)40(35,36)19-7-5-4-6-8-19/h4-8,11-12,17-18H,9-10,13-16H2,1-3H3,(H,29,32)(H,30,31). The van der Waals surface area contributed by atoms with E-state index in [4.69, 9.17) is 4.42 Å². The Morgan fingerprint density at radius 2 is 1.75 bits per heavy atom. The van der Waals surface area contributed by atoms with Crippen LogP contribution in [0.2, 0.25) is 0 Å². The van der Waals surface area contributed by atoms with Crippen LogP contribution in [0, 0.1) is 11.3 Å². The molecule has 0 radical (unpaired) electrons. The van der Waals surface area contributed by atoms with Crippen molar-refractivity contribution in [2.45, 2.75) is 62.5 Å². The third kappa shape index (κ3) is 5.75. The van der Waals surface area contributed by atoms with Gasteiger partial charge in [-0.1, -0.05) is 39.0 Å². The Labute approximate surface area is 238 Å². The molecule has 2 aliphatic rings. The quantitative estimate of drug-likeness (QED) is 0.422. The van der Waals surface area contributed by atoms with E-state index >= 15 is 0 Å². The van der Waals surface area contributed by atoms with Crippen LogP contribution in [0.25, 0.3) is 0 Å². The van der Waals surface area contributed by atoms with E-state index in [1.165, 1.54) is 35.6 Å². The Bertz CT molecular complexity index is 1660. The summed E-state index contributed by atoms with van der Waals surface area (Å²) in [4.78, 5) is 27.8. The maximum Gasteiger partial charge on any atom is 0.292 e. The largest absolute Gasteiger partial charge is 0.439 e. The summed E-state index contributed by atoms with van der Waals surface area (Å²) in [5.41, 5.74) is 1.28. The molecule has 2 unspecified atom stereocenters. The third-order valence-corrected chi connectivity index (χ3v) is 12.2. The second-order valence-electron chi connectivity index (χ2n) is 11.5. The number of benzene rings is 1. The number of fused-ring (bicyclic) bond motifs is 1. The van der Waals surface area contributed by atoms with Crippen molar-refractivity contribution in [3.63, 3.8) is 0 Å². The van der Waals surface area contributed by atoms with E-state index in [9.17, 15) is 26.4 Å². The second-order valence-corrected chi connectivity index (χ2v) is 16.7. The lowest BCUT2D eigenvalue weighted by Gasteiger charge is -2.33. The summed E-state index contributed by atoms with van der Waals surface area (Å²) < 4.78 is 55.2. The van der Waals surface area contributed by atoms with Crippen LogP contribution in [0.4, 0.5) is 5.00 Å². The fourth-order valence-electron chi connectivity index (χ4n) is 5.29. The van der Waals surface area contributed by atoms with E-state index in [1.54, 1.807) is 18.2 Å². The van der Waals surface area contributed by atoms with Crippen molar-refractivity contribution in [1.82, 2.24) is 5.32 Å². The van der Waals surface area contributed by atoms with Crippen molar-refractivity contribution in [2.75, 3.05) is 16.8 Å². The maximum absolute atomic E-state index is 13.5. The van der Waals surface area contributed by atoms with Crippen LogP contribution in [0.1, 0.15) is 65.0 Å². The fourth-order valence-corrected chi connectivity index (χ4v) is 9.47. The van der Waals surface area contributed by atoms with E-state index in [1.807, 2.05) is 0 Å². The van der Waals surface area contributed by atoms with Crippen LogP contribution in [-0.4, -0.2) is 46.2 Å². The number of carbonyl (C=O) groups is 2. The molecule has 214 valence electrons. The zero-order chi connectivity index (χ0) is 28.9. The molecule has 9 nitrogen and oxygen atoms in total. The molecule has 5 rings (SSSR count). The summed E-state index contributed by atoms with van der Waals surface area (Å²) in [6.07, 6.45) is 2.66. The molecule has 3 heterocycles. The summed E-state index contributed by atoms with van der Waals surface area (Å²) in [5, 5.41) is 5.62. The molecule has 0 bridgehead atoms. The molecule has 0 saturated carbocycles. The van der Waals surface area contributed by atoms with Crippen LogP contribution in [0.15, 0.2) is 56.9 Å². The first-order valence-electron chi connectivity index (χ1n) is 13.1. The van der Waals surface area contributed by atoms with Gasteiger partial charge in [0.15, 0.2) is 15.6 Å². The van der Waals surface area contributed by atoms with Crippen molar-refractivity contribution in [3.8, 4) is 0 Å². The predicted molar refractivity (Wildman–Crippen MR) is 152 cm³/mol.